The molecule has 31 heavy (non-hydrogen) atoms. The molecule has 2 aromatic carbocycles. The molecule has 0 fully saturated rings. The number of thioether (sulfide) groups is 1. The van der Waals surface area contributed by atoms with Gasteiger partial charge in [-0.25, -0.2) is 0 Å². The monoisotopic (exact) mass is 453 g/mol. The molecule has 8 heteroatoms. The maximum Gasteiger partial charge on any atom is 0.265 e. The largest absolute Gasteiger partial charge is 0.326 e. The Labute approximate surface area is 189 Å². The van der Waals surface area contributed by atoms with E-state index in [-0.39, 0.29) is 23.0 Å². The molecule has 3 N–H and O–H groups in total. The summed E-state index contributed by atoms with van der Waals surface area (Å²) < 4.78 is 0. The molecule has 0 saturated heterocycles. The summed E-state index contributed by atoms with van der Waals surface area (Å²) in [5.74, 6) is -0.398. The van der Waals surface area contributed by atoms with Gasteiger partial charge in [0.25, 0.3) is 5.91 Å². The molecule has 160 valence electrons. The lowest BCUT2D eigenvalue weighted by atomic mass is 10.2. The first kappa shape index (κ1) is 22.6. The SMILES string of the molecule is CCC(Sc1cccc(NC(=O)c2cccs2)c1)C(=O)Nc1ccc(NC(C)=O)cc1. The Bertz CT molecular complexity index is 1050. The van der Waals surface area contributed by atoms with Crippen LogP contribution in [-0.4, -0.2) is 23.0 Å². The molecule has 0 aliphatic rings. The van der Waals surface area contributed by atoms with E-state index in [1.54, 1.807) is 30.3 Å². The number of carbonyl (C=O) groups excluding carboxylic acids is 3. The van der Waals surface area contributed by atoms with Gasteiger partial charge in [-0.1, -0.05) is 19.1 Å². The van der Waals surface area contributed by atoms with Crippen LogP contribution in [0.5, 0.6) is 0 Å². The fraction of sp³-hybridized carbons (Fsp3) is 0.174. The van der Waals surface area contributed by atoms with Crippen LogP contribution in [0.15, 0.2) is 70.9 Å². The third-order valence-electron chi connectivity index (χ3n) is 4.25. The van der Waals surface area contributed by atoms with Crippen LogP contribution in [0.25, 0.3) is 0 Å². The van der Waals surface area contributed by atoms with E-state index in [1.807, 2.05) is 42.6 Å². The van der Waals surface area contributed by atoms with Gasteiger partial charge in [-0.05, 0) is 60.3 Å². The second-order valence-electron chi connectivity index (χ2n) is 6.72. The standard InChI is InChI=1S/C23H23N3O3S2/c1-3-20(22(28)25-17-11-9-16(10-12-17)24-15(2)27)31-19-7-4-6-18(14-19)26-23(29)21-8-5-13-30-21/h4-14,20H,3H2,1-2H3,(H,24,27)(H,25,28)(H,26,29). The van der Waals surface area contributed by atoms with Crippen molar-refractivity contribution < 1.29 is 14.4 Å². The molecule has 3 amide bonds. The molecule has 3 aromatic rings. The normalized spacial score (nSPS) is 11.4. The lowest BCUT2D eigenvalue weighted by molar-refractivity contribution is -0.116. The van der Waals surface area contributed by atoms with Crippen LogP contribution in [0, 0.1) is 0 Å². The highest BCUT2D eigenvalue weighted by Gasteiger charge is 2.18. The van der Waals surface area contributed by atoms with Crippen LogP contribution in [0.2, 0.25) is 0 Å². The number of hydrogen-bond donors (Lipinski definition) is 3. The summed E-state index contributed by atoms with van der Waals surface area (Å²) in [5, 5.41) is 10.1. The van der Waals surface area contributed by atoms with E-state index in [9.17, 15) is 14.4 Å². The van der Waals surface area contributed by atoms with E-state index in [4.69, 9.17) is 0 Å². The number of thiophene rings is 1. The summed E-state index contributed by atoms with van der Waals surface area (Å²) in [4.78, 5) is 37.7. The summed E-state index contributed by atoms with van der Waals surface area (Å²) in [7, 11) is 0. The second kappa shape index (κ2) is 10.8. The molecule has 1 aromatic heterocycles. The van der Waals surface area contributed by atoms with Crippen LogP contribution >= 0.6 is 23.1 Å². The van der Waals surface area contributed by atoms with Gasteiger partial charge >= 0.3 is 0 Å². The fourth-order valence-electron chi connectivity index (χ4n) is 2.80. The average molecular weight is 454 g/mol. The van der Waals surface area contributed by atoms with Gasteiger partial charge < -0.3 is 16.0 Å². The van der Waals surface area contributed by atoms with E-state index < -0.39 is 0 Å². The summed E-state index contributed by atoms with van der Waals surface area (Å²) >= 11 is 2.83. The minimum atomic E-state index is -0.293. The molecule has 1 atom stereocenters. The van der Waals surface area contributed by atoms with Gasteiger partial charge in [0, 0.05) is 28.9 Å². The summed E-state index contributed by atoms with van der Waals surface area (Å²) in [5.41, 5.74) is 2.02. The Morgan fingerprint density at radius 3 is 2.23 bits per heavy atom. The zero-order chi connectivity index (χ0) is 22.2. The molecule has 1 heterocycles. The Hall–Kier alpha value is -3.10. The van der Waals surface area contributed by atoms with Crippen LogP contribution in [0.3, 0.4) is 0 Å². The highest BCUT2D eigenvalue weighted by Crippen LogP contribution is 2.29. The third-order valence-corrected chi connectivity index (χ3v) is 6.48. The van der Waals surface area contributed by atoms with E-state index in [0.717, 1.165) is 4.90 Å². The highest BCUT2D eigenvalue weighted by atomic mass is 32.2. The third kappa shape index (κ3) is 6.70. The maximum atomic E-state index is 12.8. The molecular formula is C23H23N3O3S2. The molecular weight excluding hydrogens is 430 g/mol. The fourth-order valence-corrected chi connectivity index (χ4v) is 4.43. The van der Waals surface area contributed by atoms with Crippen molar-refractivity contribution in [2.45, 2.75) is 30.4 Å². The number of rotatable bonds is 8. The van der Waals surface area contributed by atoms with E-state index in [2.05, 4.69) is 16.0 Å². The summed E-state index contributed by atoms with van der Waals surface area (Å²) in [6, 6.07) is 18.1. The smallest absolute Gasteiger partial charge is 0.265 e. The van der Waals surface area contributed by atoms with Crippen molar-refractivity contribution in [3.05, 3.63) is 70.9 Å². The Morgan fingerprint density at radius 1 is 0.903 bits per heavy atom. The van der Waals surface area contributed by atoms with Crippen LogP contribution in [-0.2, 0) is 9.59 Å². The van der Waals surface area contributed by atoms with Gasteiger partial charge in [0.15, 0.2) is 0 Å². The van der Waals surface area contributed by atoms with Crippen LogP contribution in [0.1, 0.15) is 29.9 Å². The average Bonchev–Trinajstić information content (AvgIpc) is 3.28. The maximum absolute atomic E-state index is 12.8. The van der Waals surface area contributed by atoms with Gasteiger partial charge in [-0.2, -0.15) is 0 Å². The number of hydrogen-bond acceptors (Lipinski definition) is 5. The first-order valence-electron chi connectivity index (χ1n) is 9.74. The number of amides is 3. The Balaban J connectivity index is 1.61. The summed E-state index contributed by atoms with van der Waals surface area (Å²) in [6.07, 6.45) is 0.645. The number of anilines is 3. The van der Waals surface area contributed by atoms with Crippen molar-refractivity contribution in [1.82, 2.24) is 0 Å². The molecule has 1 unspecified atom stereocenters. The minimum Gasteiger partial charge on any atom is -0.326 e. The molecule has 0 spiro atoms. The van der Waals surface area contributed by atoms with Crippen molar-refractivity contribution in [3.63, 3.8) is 0 Å². The van der Waals surface area contributed by atoms with Gasteiger partial charge in [0.2, 0.25) is 11.8 Å². The predicted molar refractivity (Wildman–Crippen MR) is 128 cm³/mol. The van der Waals surface area contributed by atoms with Gasteiger partial charge in [-0.3, -0.25) is 14.4 Å². The predicted octanol–water partition coefficient (Wildman–Crippen LogP) is 5.47. The van der Waals surface area contributed by atoms with Crippen molar-refractivity contribution in [1.29, 1.82) is 0 Å². The zero-order valence-electron chi connectivity index (χ0n) is 17.2. The highest BCUT2D eigenvalue weighted by molar-refractivity contribution is 8.00. The van der Waals surface area contributed by atoms with E-state index >= 15 is 0 Å². The van der Waals surface area contributed by atoms with Gasteiger partial charge in [0.1, 0.15) is 0 Å². The van der Waals surface area contributed by atoms with Gasteiger partial charge in [-0.15, -0.1) is 23.1 Å². The second-order valence-corrected chi connectivity index (χ2v) is 8.95. The first-order chi connectivity index (χ1) is 14.9. The quantitative estimate of drug-likeness (QED) is 0.395. The number of benzene rings is 2. The zero-order valence-corrected chi connectivity index (χ0v) is 18.8. The van der Waals surface area contributed by atoms with Crippen molar-refractivity contribution in [2.24, 2.45) is 0 Å². The topological polar surface area (TPSA) is 87.3 Å². The molecule has 6 nitrogen and oxygen atoms in total. The molecule has 0 aliphatic heterocycles. The first-order valence-corrected chi connectivity index (χ1v) is 11.5. The number of nitrogens with one attached hydrogen (secondary N) is 3. The molecule has 0 bridgehead atoms. The molecule has 0 aliphatic carbocycles. The molecule has 0 radical (unpaired) electrons. The minimum absolute atomic E-state index is 0.104. The molecule has 0 saturated carbocycles. The number of carbonyl (C=O) groups is 3. The van der Waals surface area contributed by atoms with Crippen molar-refractivity contribution in [3.8, 4) is 0 Å². The molecule has 3 rings (SSSR count). The van der Waals surface area contributed by atoms with Crippen molar-refractivity contribution in [2.75, 3.05) is 16.0 Å². The van der Waals surface area contributed by atoms with Gasteiger partial charge in [0.05, 0.1) is 10.1 Å². The Morgan fingerprint density at radius 2 is 1.61 bits per heavy atom. The summed E-state index contributed by atoms with van der Waals surface area (Å²) in [6.45, 7) is 3.40. The van der Waals surface area contributed by atoms with E-state index in [0.29, 0.717) is 28.4 Å². The van der Waals surface area contributed by atoms with Crippen molar-refractivity contribution >= 4 is 57.9 Å². The Kier molecular flexibility index (Phi) is 7.86. The van der Waals surface area contributed by atoms with Crippen LogP contribution < -0.4 is 16.0 Å². The lowest BCUT2D eigenvalue weighted by Gasteiger charge is -2.16. The van der Waals surface area contributed by atoms with Crippen LogP contribution in [0.4, 0.5) is 17.1 Å². The lowest BCUT2D eigenvalue weighted by Crippen LogP contribution is -2.24. The van der Waals surface area contributed by atoms with E-state index in [1.165, 1.54) is 30.0 Å².